The number of nitrogens with zero attached hydrogens (tertiary/aromatic N) is 2. The maximum Gasteiger partial charge on any atom is 0.319 e. The van der Waals surface area contributed by atoms with Crippen molar-refractivity contribution >= 4 is 29.0 Å². The Kier molecular flexibility index (Phi) is 9.14. The Labute approximate surface area is 204 Å². The number of carbonyl (C=O) groups excluding carboxylic acids is 2. The van der Waals surface area contributed by atoms with Crippen LogP contribution in [0.15, 0.2) is 66.9 Å². The number of pyridine rings is 1. The van der Waals surface area contributed by atoms with E-state index in [0.29, 0.717) is 23.5 Å². The van der Waals surface area contributed by atoms with Crippen molar-refractivity contribution in [3.8, 4) is 0 Å². The molecule has 1 atom stereocenters. The molecule has 1 heterocycles. The molecule has 0 saturated heterocycles. The Morgan fingerprint density at radius 2 is 1.80 bits per heavy atom. The molecule has 2 aromatic carbocycles. The summed E-state index contributed by atoms with van der Waals surface area (Å²) in [7, 11) is 0. The normalized spacial score (nSPS) is 11.7. The van der Waals surface area contributed by atoms with Gasteiger partial charge in [0.15, 0.2) is 0 Å². The van der Waals surface area contributed by atoms with Gasteiger partial charge in [-0.3, -0.25) is 9.78 Å². The zero-order chi connectivity index (χ0) is 25.2. The van der Waals surface area contributed by atoms with Gasteiger partial charge in [-0.2, -0.15) is 0 Å². The zero-order valence-corrected chi connectivity index (χ0v) is 19.9. The van der Waals surface area contributed by atoms with Crippen LogP contribution in [0.3, 0.4) is 0 Å². The third-order valence-electron chi connectivity index (χ3n) is 5.65. The summed E-state index contributed by atoms with van der Waals surface area (Å²) in [5, 5.41) is 8.36. The quantitative estimate of drug-likeness (QED) is 0.317. The molecule has 35 heavy (non-hydrogen) atoms. The summed E-state index contributed by atoms with van der Waals surface area (Å²) >= 11 is 0. The zero-order valence-electron chi connectivity index (χ0n) is 19.9. The van der Waals surface area contributed by atoms with Crippen molar-refractivity contribution in [1.29, 1.82) is 0 Å². The molecule has 8 nitrogen and oxygen atoms in total. The lowest BCUT2D eigenvalue weighted by Gasteiger charge is -2.24. The number of carbonyl (C=O) groups is 2. The van der Waals surface area contributed by atoms with Gasteiger partial charge in [0.25, 0.3) is 5.91 Å². The highest BCUT2D eigenvalue weighted by molar-refractivity contribution is 6.04. The molecule has 184 valence electrons. The molecule has 0 aliphatic heterocycles. The van der Waals surface area contributed by atoms with Crippen LogP contribution in [0.2, 0.25) is 0 Å². The van der Waals surface area contributed by atoms with Crippen LogP contribution in [0.25, 0.3) is 0 Å². The van der Waals surface area contributed by atoms with Gasteiger partial charge >= 0.3 is 6.03 Å². The van der Waals surface area contributed by atoms with Crippen LogP contribution in [-0.4, -0.2) is 41.5 Å². The van der Waals surface area contributed by atoms with E-state index in [0.717, 1.165) is 25.2 Å². The number of nitrogens with one attached hydrogen (secondary N) is 3. The van der Waals surface area contributed by atoms with E-state index < -0.39 is 11.8 Å². The first kappa shape index (κ1) is 25.6. The summed E-state index contributed by atoms with van der Waals surface area (Å²) in [6.07, 6.45) is 2.21. The number of hydrogen-bond acceptors (Lipinski definition) is 5. The van der Waals surface area contributed by atoms with E-state index in [4.69, 9.17) is 5.73 Å². The molecule has 0 aliphatic carbocycles. The molecule has 0 radical (unpaired) electrons. The van der Waals surface area contributed by atoms with Gasteiger partial charge in [0.2, 0.25) is 0 Å². The summed E-state index contributed by atoms with van der Waals surface area (Å²) < 4.78 is 13.5. The van der Waals surface area contributed by atoms with Gasteiger partial charge in [0.1, 0.15) is 11.5 Å². The molecular formula is C26H31FN6O2. The number of para-hydroxylation sites is 2. The standard InChI is InChI=1S/C26H31FN6O2/c1-3-33(4-2)15-14-22(32-26(35)30-20-9-7-8-19(27)16-20)18-12-13-24(29-17-18)25(34)31-23-11-6-5-10-21(23)28/h5-13,16-17,22H,3-4,14-15,28H2,1-2H3,(H,31,34)(H2,30,32,35). The van der Waals surface area contributed by atoms with E-state index in [1.807, 2.05) is 0 Å². The molecular weight excluding hydrogens is 447 g/mol. The maximum absolute atomic E-state index is 13.5. The number of urea groups is 1. The molecule has 0 bridgehead atoms. The Morgan fingerprint density at radius 1 is 1.03 bits per heavy atom. The highest BCUT2D eigenvalue weighted by Crippen LogP contribution is 2.20. The lowest BCUT2D eigenvalue weighted by molar-refractivity contribution is 0.102. The Balaban J connectivity index is 1.72. The predicted octanol–water partition coefficient (Wildman–Crippen LogP) is 4.65. The fourth-order valence-electron chi connectivity index (χ4n) is 3.61. The van der Waals surface area contributed by atoms with Crippen molar-refractivity contribution in [2.45, 2.75) is 26.3 Å². The Bertz CT molecular complexity index is 1130. The summed E-state index contributed by atoms with van der Waals surface area (Å²) in [4.78, 5) is 31.8. The van der Waals surface area contributed by atoms with Crippen molar-refractivity contribution in [2.24, 2.45) is 0 Å². The van der Waals surface area contributed by atoms with Crippen LogP contribution in [0.1, 0.15) is 42.4 Å². The van der Waals surface area contributed by atoms with Crippen LogP contribution in [0, 0.1) is 5.82 Å². The van der Waals surface area contributed by atoms with Crippen molar-refractivity contribution in [2.75, 3.05) is 36.0 Å². The van der Waals surface area contributed by atoms with Crippen molar-refractivity contribution < 1.29 is 14.0 Å². The minimum absolute atomic E-state index is 0.226. The third kappa shape index (κ3) is 7.51. The SMILES string of the molecule is CCN(CC)CCC(NC(=O)Nc1cccc(F)c1)c1ccc(C(=O)Nc2ccccc2N)nc1. The second kappa shape index (κ2) is 12.5. The molecule has 0 saturated carbocycles. The van der Waals surface area contributed by atoms with E-state index >= 15 is 0 Å². The van der Waals surface area contributed by atoms with Gasteiger partial charge in [-0.05, 0) is 61.5 Å². The third-order valence-corrected chi connectivity index (χ3v) is 5.65. The van der Waals surface area contributed by atoms with Gasteiger partial charge in [0.05, 0.1) is 17.4 Å². The van der Waals surface area contributed by atoms with Crippen molar-refractivity contribution in [3.63, 3.8) is 0 Å². The number of aromatic nitrogens is 1. The summed E-state index contributed by atoms with van der Waals surface area (Å²) in [6.45, 7) is 6.69. The lowest BCUT2D eigenvalue weighted by Crippen LogP contribution is -2.35. The number of hydrogen-bond donors (Lipinski definition) is 4. The maximum atomic E-state index is 13.5. The number of nitrogens with two attached hydrogens (primary N) is 1. The topological polar surface area (TPSA) is 112 Å². The van der Waals surface area contributed by atoms with Gasteiger partial charge in [-0.25, -0.2) is 9.18 Å². The van der Waals surface area contributed by atoms with Gasteiger partial charge < -0.3 is 26.6 Å². The van der Waals surface area contributed by atoms with Crippen LogP contribution >= 0.6 is 0 Å². The second-order valence-corrected chi connectivity index (χ2v) is 8.00. The predicted molar refractivity (Wildman–Crippen MR) is 137 cm³/mol. The molecule has 0 spiro atoms. The number of rotatable bonds is 10. The van der Waals surface area contributed by atoms with E-state index in [-0.39, 0.29) is 17.6 Å². The first-order valence-corrected chi connectivity index (χ1v) is 11.6. The van der Waals surface area contributed by atoms with Gasteiger partial charge in [-0.1, -0.05) is 38.1 Å². The Morgan fingerprint density at radius 3 is 2.46 bits per heavy atom. The molecule has 0 aliphatic rings. The van der Waals surface area contributed by atoms with E-state index in [1.165, 1.54) is 18.2 Å². The first-order chi connectivity index (χ1) is 16.9. The number of amides is 3. The number of anilines is 3. The number of halogens is 1. The van der Waals surface area contributed by atoms with Crippen LogP contribution in [-0.2, 0) is 0 Å². The molecule has 0 fully saturated rings. The van der Waals surface area contributed by atoms with Crippen LogP contribution in [0.5, 0.6) is 0 Å². The minimum atomic E-state index is -0.457. The van der Waals surface area contributed by atoms with Crippen LogP contribution in [0.4, 0.5) is 26.2 Å². The van der Waals surface area contributed by atoms with Gasteiger partial charge in [0, 0.05) is 18.4 Å². The van der Waals surface area contributed by atoms with Crippen LogP contribution < -0.4 is 21.7 Å². The summed E-state index contributed by atoms with van der Waals surface area (Å²) in [5.74, 6) is -0.817. The van der Waals surface area contributed by atoms with E-state index in [9.17, 15) is 14.0 Å². The monoisotopic (exact) mass is 478 g/mol. The number of benzene rings is 2. The van der Waals surface area contributed by atoms with Crippen molar-refractivity contribution in [1.82, 2.24) is 15.2 Å². The highest BCUT2D eigenvalue weighted by atomic mass is 19.1. The fourth-order valence-corrected chi connectivity index (χ4v) is 3.61. The second-order valence-electron chi connectivity index (χ2n) is 8.00. The molecule has 5 N–H and O–H groups in total. The molecule has 9 heteroatoms. The van der Waals surface area contributed by atoms with E-state index in [1.54, 1.807) is 48.7 Å². The Hall–Kier alpha value is -3.98. The average molecular weight is 479 g/mol. The summed E-state index contributed by atoms with van der Waals surface area (Å²) in [6, 6.07) is 15.2. The molecule has 1 unspecified atom stereocenters. The fraction of sp³-hybridized carbons (Fsp3) is 0.269. The van der Waals surface area contributed by atoms with Crippen molar-refractivity contribution in [3.05, 3.63) is 83.9 Å². The molecule has 3 aromatic rings. The highest BCUT2D eigenvalue weighted by Gasteiger charge is 2.18. The minimum Gasteiger partial charge on any atom is -0.397 e. The first-order valence-electron chi connectivity index (χ1n) is 11.6. The molecule has 3 amide bonds. The largest absolute Gasteiger partial charge is 0.397 e. The summed E-state index contributed by atoms with van der Waals surface area (Å²) in [5.41, 5.74) is 8.20. The van der Waals surface area contributed by atoms with E-state index in [2.05, 4.69) is 39.7 Å². The molecule has 1 aromatic heterocycles. The molecule has 3 rings (SSSR count). The number of nitrogen functional groups attached to an aromatic ring is 1. The average Bonchev–Trinajstić information content (AvgIpc) is 2.85. The lowest BCUT2D eigenvalue weighted by atomic mass is 10.0. The smallest absolute Gasteiger partial charge is 0.319 e. The van der Waals surface area contributed by atoms with Gasteiger partial charge in [-0.15, -0.1) is 0 Å².